The molecule has 0 aliphatic rings. The molecule has 1 aromatic rings. The molecule has 0 bridgehead atoms. The van der Waals surface area contributed by atoms with Crippen molar-refractivity contribution in [1.29, 1.82) is 0 Å². The predicted molar refractivity (Wildman–Crippen MR) is 65.3 cm³/mol. The van der Waals surface area contributed by atoms with E-state index in [1.807, 2.05) is 0 Å². The van der Waals surface area contributed by atoms with Crippen LogP contribution in [0.2, 0.25) is 0 Å². The standard InChI is InChI=1S/C11H17N3O4/c1-7(10(17)18)8-6-9(16)14(11(12)13-8)4-2-3-5-15/h6-7,15H,2-5H2,1H3,(H2,12,13)(H,17,18). The fourth-order valence-corrected chi connectivity index (χ4v) is 1.50. The molecule has 0 aliphatic heterocycles. The summed E-state index contributed by atoms with van der Waals surface area (Å²) in [6, 6.07) is 1.19. The van der Waals surface area contributed by atoms with Gasteiger partial charge in [-0.1, -0.05) is 0 Å². The van der Waals surface area contributed by atoms with Crippen molar-refractivity contribution in [3.8, 4) is 0 Å². The summed E-state index contributed by atoms with van der Waals surface area (Å²) in [5, 5.41) is 17.5. The Kier molecular flexibility index (Phi) is 4.85. The van der Waals surface area contributed by atoms with Crippen LogP contribution in [0.3, 0.4) is 0 Å². The number of aliphatic carboxylic acids is 1. The highest BCUT2D eigenvalue weighted by Crippen LogP contribution is 2.12. The summed E-state index contributed by atoms with van der Waals surface area (Å²) in [7, 11) is 0. The fourth-order valence-electron chi connectivity index (χ4n) is 1.50. The summed E-state index contributed by atoms with van der Waals surface area (Å²) < 4.78 is 1.27. The van der Waals surface area contributed by atoms with Gasteiger partial charge in [-0.25, -0.2) is 4.98 Å². The van der Waals surface area contributed by atoms with Crippen molar-refractivity contribution in [1.82, 2.24) is 9.55 Å². The average Bonchev–Trinajstić information content (AvgIpc) is 2.31. The summed E-state index contributed by atoms with van der Waals surface area (Å²) in [5.41, 5.74) is 5.42. The normalized spacial score (nSPS) is 12.3. The second-order valence-corrected chi connectivity index (χ2v) is 4.02. The van der Waals surface area contributed by atoms with Gasteiger partial charge in [-0.3, -0.25) is 14.2 Å². The van der Waals surface area contributed by atoms with Crippen LogP contribution < -0.4 is 11.3 Å². The maximum absolute atomic E-state index is 11.8. The highest BCUT2D eigenvalue weighted by Gasteiger charge is 2.17. The van der Waals surface area contributed by atoms with E-state index in [2.05, 4.69) is 4.98 Å². The third-order valence-corrected chi connectivity index (χ3v) is 2.66. The zero-order valence-corrected chi connectivity index (χ0v) is 10.2. The topological polar surface area (TPSA) is 118 Å². The Hall–Kier alpha value is -1.89. The molecule has 4 N–H and O–H groups in total. The lowest BCUT2D eigenvalue weighted by Crippen LogP contribution is -2.26. The van der Waals surface area contributed by atoms with E-state index in [-0.39, 0.29) is 23.8 Å². The van der Waals surface area contributed by atoms with E-state index in [0.717, 1.165) is 0 Å². The van der Waals surface area contributed by atoms with E-state index in [1.54, 1.807) is 0 Å². The molecule has 0 radical (unpaired) electrons. The molecule has 0 aliphatic carbocycles. The number of carbonyl (C=O) groups is 1. The second-order valence-electron chi connectivity index (χ2n) is 4.02. The highest BCUT2D eigenvalue weighted by molar-refractivity contribution is 5.74. The van der Waals surface area contributed by atoms with Gasteiger partial charge in [0.2, 0.25) is 5.95 Å². The van der Waals surface area contributed by atoms with E-state index in [4.69, 9.17) is 15.9 Å². The number of carboxylic acid groups (broad SMARTS) is 1. The van der Waals surface area contributed by atoms with Gasteiger partial charge in [0.1, 0.15) is 0 Å². The summed E-state index contributed by atoms with van der Waals surface area (Å²) >= 11 is 0. The summed E-state index contributed by atoms with van der Waals surface area (Å²) in [6.45, 7) is 1.86. The summed E-state index contributed by atoms with van der Waals surface area (Å²) in [5.74, 6) is -1.92. The summed E-state index contributed by atoms with van der Waals surface area (Å²) in [6.07, 6.45) is 1.18. The number of hydrogen-bond donors (Lipinski definition) is 3. The number of nitrogen functional groups attached to an aromatic ring is 1. The van der Waals surface area contributed by atoms with Crippen molar-refractivity contribution in [2.45, 2.75) is 32.2 Å². The van der Waals surface area contributed by atoms with Crippen LogP contribution in [0.5, 0.6) is 0 Å². The van der Waals surface area contributed by atoms with Crippen LogP contribution in [-0.4, -0.2) is 32.3 Å². The first-order chi connectivity index (χ1) is 8.47. The number of carboxylic acids is 1. The quantitative estimate of drug-likeness (QED) is 0.605. The van der Waals surface area contributed by atoms with Gasteiger partial charge in [-0.2, -0.15) is 0 Å². The number of nitrogens with two attached hydrogens (primary N) is 1. The maximum atomic E-state index is 11.8. The number of anilines is 1. The van der Waals surface area contributed by atoms with Crippen LogP contribution in [0.1, 0.15) is 31.4 Å². The van der Waals surface area contributed by atoms with Gasteiger partial charge < -0.3 is 15.9 Å². The molecular weight excluding hydrogens is 238 g/mol. The van der Waals surface area contributed by atoms with Crippen molar-refractivity contribution in [3.05, 3.63) is 22.1 Å². The van der Waals surface area contributed by atoms with Gasteiger partial charge in [0, 0.05) is 19.2 Å². The molecule has 1 unspecified atom stereocenters. The molecule has 100 valence electrons. The lowest BCUT2D eigenvalue weighted by Gasteiger charge is -2.11. The number of rotatable bonds is 6. The van der Waals surface area contributed by atoms with Crippen LogP contribution in [-0.2, 0) is 11.3 Å². The fraction of sp³-hybridized carbons (Fsp3) is 0.545. The molecule has 1 heterocycles. The molecule has 7 nitrogen and oxygen atoms in total. The average molecular weight is 255 g/mol. The zero-order valence-electron chi connectivity index (χ0n) is 10.2. The van der Waals surface area contributed by atoms with Crippen molar-refractivity contribution < 1.29 is 15.0 Å². The Morgan fingerprint density at radius 2 is 2.22 bits per heavy atom. The molecule has 7 heteroatoms. The number of aliphatic hydroxyl groups excluding tert-OH is 1. The molecule has 0 spiro atoms. The van der Waals surface area contributed by atoms with Crippen LogP contribution in [0.4, 0.5) is 5.95 Å². The third-order valence-electron chi connectivity index (χ3n) is 2.66. The third kappa shape index (κ3) is 3.30. The van der Waals surface area contributed by atoms with Gasteiger partial charge in [-0.15, -0.1) is 0 Å². The number of aromatic nitrogens is 2. The number of unbranched alkanes of at least 4 members (excludes halogenated alkanes) is 1. The number of aliphatic hydroxyl groups is 1. The second kappa shape index (κ2) is 6.15. The Balaban J connectivity index is 2.98. The van der Waals surface area contributed by atoms with Crippen LogP contribution in [0.15, 0.2) is 10.9 Å². The van der Waals surface area contributed by atoms with E-state index in [9.17, 15) is 9.59 Å². The lowest BCUT2D eigenvalue weighted by molar-refractivity contribution is -0.138. The molecular formula is C11H17N3O4. The van der Waals surface area contributed by atoms with Gasteiger partial charge in [0.05, 0.1) is 11.6 Å². The summed E-state index contributed by atoms with van der Waals surface area (Å²) in [4.78, 5) is 26.5. The van der Waals surface area contributed by atoms with E-state index in [0.29, 0.717) is 19.4 Å². The zero-order chi connectivity index (χ0) is 13.7. The first-order valence-corrected chi connectivity index (χ1v) is 5.68. The van der Waals surface area contributed by atoms with E-state index < -0.39 is 11.9 Å². The molecule has 1 aromatic heterocycles. The maximum Gasteiger partial charge on any atom is 0.312 e. The number of nitrogens with zero attached hydrogens (tertiary/aromatic N) is 2. The first kappa shape index (κ1) is 14.2. The SMILES string of the molecule is CC(C(=O)O)c1cc(=O)n(CCCCO)c(N)n1. The molecule has 0 amide bonds. The van der Waals surface area contributed by atoms with Crippen molar-refractivity contribution in [2.75, 3.05) is 12.3 Å². The van der Waals surface area contributed by atoms with Crippen molar-refractivity contribution >= 4 is 11.9 Å². The first-order valence-electron chi connectivity index (χ1n) is 5.68. The molecule has 1 atom stereocenters. The van der Waals surface area contributed by atoms with Crippen molar-refractivity contribution in [2.24, 2.45) is 0 Å². The van der Waals surface area contributed by atoms with Gasteiger partial charge in [0.25, 0.3) is 5.56 Å². The predicted octanol–water partition coefficient (Wildman–Crippen LogP) is -0.214. The molecule has 1 rings (SSSR count). The Morgan fingerprint density at radius 1 is 1.56 bits per heavy atom. The molecule has 0 saturated heterocycles. The van der Waals surface area contributed by atoms with Crippen molar-refractivity contribution in [3.63, 3.8) is 0 Å². The Morgan fingerprint density at radius 3 is 2.72 bits per heavy atom. The van der Waals surface area contributed by atoms with E-state index in [1.165, 1.54) is 17.6 Å². The van der Waals surface area contributed by atoms with Crippen LogP contribution in [0.25, 0.3) is 0 Å². The van der Waals surface area contributed by atoms with Crippen LogP contribution >= 0.6 is 0 Å². The van der Waals surface area contributed by atoms with Gasteiger partial charge >= 0.3 is 5.97 Å². The van der Waals surface area contributed by atoms with E-state index >= 15 is 0 Å². The number of hydrogen-bond acceptors (Lipinski definition) is 5. The monoisotopic (exact) mass is 255 g/mol. The smallest absolute Gasteiger partial charge is 0.312 e. The van der Waals surface area contributed by atoms with Crippen LogP contribution in [0, 0.1) is 0 Å². The van der Waals surface area contributed by atoms with Gasteiger partial charge in [0.15, 0.2) is 0 Å². The largest absolute Gasteiger partial charge is 0.481 e. The Bertz CT molecular complexity index is 484. The minimum atomic E-state index is -1.06. The van der Waals surface area contributed by atoms with Gasteiger partial charge in [-0.05, 0) is 19.8 Å². The Labute approximate surface area is 104 Å². The molecule has 0 aromatic carbocycles. The minimum Gasteiger partial charge on any atom is -0.481 e. The lowest BCUT2D eigenvalue weighted by atomic mass is 10.1. The highest BCUT2D eigenvalue weighted by atomic mass is 16.4. The molecule has 18 heavy (non-hydrogen) atoms. The molecule has 0 saturated carbocycles. The molecule has 0 fully saturated rings. The minimum absolute atomic E-state index is 0.00328.